The molecule has 2 fully saturated rings. The lowest BCUT2D eigenvalue weighted by atomic mass is 9.69. The molecule has 2 unspecified atom stereocenters. The highest BCUT2D eigenvalue weighted by Crippen LogP contribution is 2.43. The number of carbonyl (C=O) groups is 1. The Hall–Kier alpha value is -3.03. The number of fused-ring (bicyclic) bond motifs is 1. The number of hydrogen-bond acceptors (Lipinski definition) is 6. The molecular weight excluding hydrogens is 456 g/mol. The van der Waals surface area contributed by atoms with Crippen molar-refractivity contribution in [3.8, 4) is 11.5 Å². The lowest BCUT2D eigenvalue weighted by molar-refractivity contribution is -0.115. The molecule has 1 amide bonds. The predicted molar refractivity (Wildman–Crippen MR) is 139 cm³/mol. The Kier molecular flexibility index (Phi) is 8.54. The van der Waals surface area contributed by atoms with Crippen LogP contribution in [0.15, 0.2) is 59.4 Å². The van der Waals surface area contributed by atoms with Crippen molar-refractivity contribution < 1.29 is 24.5 Å². The quantitative estimate of drug-likeness (QED) is 0.261. The number of likely N-dealkylation sites (tertiary alicyclic amines) is 1. The molecule has 4 N–H and O–H groups in total. The highest BCUT2D eigenvalue weighted by atomic mass is 16.3. The van der Waals surface area contributed by atoms with Crippen LogP contribution >= 0.6 is 0 Å². The van der Waals surface area contributed by atoms with Gasteiger partial charge < -0.3 is 25.1 Å². The monoisotopic (exact) mass is 494 g/mol. The van der Waals surface area contributed by atoms with Gasteiger partial charge in [0.1, 0.15) is 5.60 Å². The predicted octanol–water partition coefficient (Wildman–Crippen LogP) is 4.25. The number of rotatable bonds is 7. The molecule has 1 saturated heterocycles. The van der Waals surface area contributed by atoms with E-state index in [1.807, 2.05) is 6.07 Å². The van der Waals surface area contributed by atoms with Crippen molar-refractivity contribution in [2.24, 2.45) is 11.8 Å². The minimum Gasteiger partial charge on any atom is -0.504 e. The van der Waals surface area contributed by atoms with Crippen molar-refractivity contribution in [3.63, 3.8) is 0 Å². The third-order valence-corrected chi connectivity index (χ3v) is 7.61. The Bertz CT molecular complexity index is 1060. The zero-order chi connectivity index (χ0) is 25.5. The van der Waals surface area contributed by atoms with Gasteiger partial charge in [-0.05, 0) is 93.2 Å². The van der Waals surface area contributed by atoms with Crippen LogP contribution in [-0.2, 0) is 11.2 Å². The van der Waals surface area contributed by atoms with Gasteiger partial charge in [-0.3, -0.25) is 9.69 Å². The molecule has 5 rings (SSSR count). The smallest absolute Gasteiger partial charge is 0.243 e. The van der Waals surface area contributed by atoms with Gasteiger partial charge >= 0.3 is 0 Å². The summed E-state index contributed by atoms with van der Waals surface area (Å²) in [5.41, 5.74) is 1.17. The second kappa shape index (κ2) is 11.8. The Morgan fingerprint density at radius 2 is 2.03 bits per heavy atom. The number of phenols is 2. The molecule has 0 spiro atoms. The fraction of sp³-hybridized carbons (Fsp3) is 0.483. The standard InChI is InChI=1S/C21H29NO3.C8H9NO2/c23-18-8-6-15(13-19(18)24)7-9-20-21(25)11-2-1-3-17(21)10-12-22(20)14-16-4-5-16;1-9-8(10)3-2-7-4-5-11-6-7/h2,6,8,11,13,16-17,20,23-25H,1,3-5,7,9-10,12,14H2;2-6H,1H3,(H,9,10)/b;3-2+/t17?,20-,21?;/m1./s1. The van der Waals surface area contributed by atoms with Crippen LogP contribution in [0.3, 0.4) is 0 Å². The number of carbonyl (C=O) groups excluding carboxylic acids is 1. The number of furan rings is 1. The van der Waals surface area contributed by atoms with Crippen molar-refractivity contribution >= 4 is 12.0 Å². The van der Waals surface area contributed by atoms with E-state index in [2.05, 4.69) is 22.4 Å². The van der Waals surface area contributed by atoms with E-state index in [1.54, 1.807) is 43.8 Å². The highest BCUT2D eigenvalue weighted by Gasteiger charge is 2.49. The molecule has 7 nitrogen and oxygen atoms in total. The van der Waals surface area contributed by atoms with Gasteiger partial charge in [-0.1, -0.05) is 18.2 Å². The summed E-state index contributed by atoms with van der Waals surface area (Å²) in [6.45, 7) is 2.19. The summed E-state index contributed by atoms with van der Waals surface area (Å²) < 4.78 is 4.80. The molecule has 2 heterocycles. The fourth-order valence-corrected chi connectivity index (χ4v) is 5.38. The first-order valence-electron chi connectivity index (χ1n) is 13.0. The molecule has 1 aromatic heterocycles. The minimum atomic E-state index is -0.718. The van der Waals surface area contributed by atoms with Gasteiger partial charge in [-0.25, -0.2) is 0 Å². The maximum Gasteiger partial charge on any atom is 0.243 e. The van der Waals surface area contributed by atoms with E-state index >= 15 is 0 Å². The van der Waals surface area contributed by atoms with Crippen molar-refractivity contribution in [1.82, 2.24) is 10.2 Å². The van der Waals surface area contributed by atoms with Crippen LogP contribution in [0.1, 0.15) is 49.7 Å². The number of nitrogens with one attached hydrogen (secondary N) is 1. The average Bonchev–Trinajstić information content (AvgIpc) is 3.54. The molecule has 194 valence electrons. The molecule has 1 aromatic carbocycles. The maximum absolute atomic E-state index is 11.5. The second-order valence-corrected chi connectivity index (χ2v) is 10.2. The van der Waals surface area contributed by atoms with Gasteiger partial charge in [-0.2, -0.15) is 0 Å². The van der Waals surface area contributed by atoms with Gasteiger partial charge in [0.15, 0.2) is 11.5 Å². The molecule has 2 aliphatic carbocycles. The maximum atomic E-state index is 11.5. The number of hydrogen-bond donors (Lipinski definition) is 4. The number of phenolic OH excluding ortho intramolecular Hbond substituents is 2. The van der Waals surface area contributed by atoms with Gasteiger partial charge in [-0.15, -0.1) is 0 Å². The SMILES string of the molecule is CNC(=O)/C=C/c1ccoc1.Oc1ccc(CC[C@H]2N(CC3CC3)CCC3CCC=CC32O)cc1O. The zero-order valence-electron chi connectivity index (χ0n) is 21.0. The van der Waals surface area contributed by atoms with E-state index in [0.29, 0.717) is 5.92 Å². The number of aromatic hydroxyl groups is 2. The van der Waals surface area contributed by atoms with Gasteiger partial charge in [0.05, 0.1) is 12.5 Å². The topological polar surface area (TPSA) is 106 Å². The number of allylic oxidation sites excluding steroid dienone is 1. The molecule has 7 heteroatoms. The van der Waals surface area contributed by atoms with Crippen molar-refractivity contribution in [2.45, 2.75) is 56.6 Å². The third kappa shape index (κ3) is 6.59. The van der Waals surface area contributed by atoms with Crippen molar-refractivity contribution in [3.05, 3.63) is 66.1 Å². The van der Waals surface area contributed by atoms with E-state index in [4.69, 9.17) is 4.42 Å². The van der Waals surface area contributed by atoms with E-state index in [0.717, 1.165) is 62.2 Å². The largest absolute Gasteiger partial charge is 0.504 e. The summed E-state index contributed by atoms with van der Waals surface area (Å²) in [5.74, 6) is 0.918. The summed E-state index contributed by atoms with van der Waals surface area (Å²) in [6.07, 6.45) is 18.0. The van der Waals surface area contributed by atoms with Crippen molar-refractivity contribution in [2.75, 3.05) is 20.1 Å². The van der Waals surface area contributed by atoms with Crippen LogP contribution in [0, 0.1) is 11.8 Å². The highest BCUT2D eigenvalue weighted by molar-refractivity contribution is 5.91. The molecular formula is C29H38N2O5. The van der Waals surface area contributed by atoms with Crippen LogP contribution in [0.2, 0.25) is 0 Å². The van der Waals surface area contributed by atoms with E-state index in [1.165, 1.54) is 18.9 Å². The summed E-state index contributed by atoms with van der Waals surface area (Å²) in [6, 6.07) is 6.97. The van der Waals surface area contributed by atoms with Crippen LogP contribution in [0.25, 0.3) is 6.08 Å². The number of amides is 1. The van der Waals surface area contributed by atoms with Gasteiger partial charge in [0, 0.05) is 31.3 Å². The summed E-state index contributed by atoms with van der Waals surface area (Å²) in [5, 5.41) is 33.2. The molecule has 2 aromatic rings. The van der Waals surface area contributed by atoms with Gasteiger partial charge in [0.25, 0.3) is 0 Å². The molecule has 1 aliphatic heterocycles. The number of likely N-dealkylation sites (N-methyl/N-ethyl adjacent to an activating group) is 1. The normalized spacial score (nSPS) is 25.7. The van der Waals surface area contributed by atoms with Crippen LogP contribution in [-0.4, -0.2) is 57.9 Å². The Labute approximate surface area is 213 Å². The molecule has 1 saturated carbocycles. The van der Waals surface area contributed by atoms with E-state index in [-0.39, 0.29) is 23.4 Å². The Balaban J connectivity index is 0.000000233. The average molecular weight is 495 g/mol. The third-order valence-electron chi connectivity index (χ3n) is 7.61. The Morgan fingerprint density at radius 1 is 1.19 bits per heavy atom. The first-order valence-corrected chi connectivity index (χ1v) is 13.0. The number of benzene rings is 1. The summed E-state index contributed by atoms with van der Waals surface area (Å²) in [7, 11) is 1.59. The van der Waals surface area contributed by atoms with E-state index < -0.39 is 5.60 Å². The van der Waals surface area contributed by atoms with Crippen molar-refractivity contribution in [1.29, 1.82) is 0 Å². The molecule has 36 heavy (non-hydrogen) atoms. The first kappa shape index (κ1) is 26.0. The van der Waals surface area contributed by atoms with Gasteiger partial charge in [0.2, 0.25) is 5.91 Å². The number of nitrogens with zero attached hydrogens (tertiary/aromatic N) is 1. The number of aliphatic hydroxyl groups is 1. The van der Waals surface area contributed by atoms with Crippen LogP contribution in [0.5, 0.6) is 11.5 Å². The lowest BCUT2D eigenvalue weighted by Crippen LogP contribution is -2.61. The number of aryl methyl sites for hydroxylation is 1. The molecule has 3 aliphatic rings. The number of piperidine rings is 1. The van der Waals surface area contributed by atoms with E-state index in [9.17, 15) is 20.1 Å². The summed E-state index contributed by atoms with van der Waals surface area (Å²) >= 11 is 0. The second-order valence-electron chi connectivity index (χ2n) is 10.2. The fourth-order valence-electron chi connectivity index (χ4n) is 5.38. The molecule has 0 radical (unpaired) electrons. The Morgan fingerprint density at radius 3 is 2.72 bits per heavy atom. The molecule has 3 atom stereocenters. The lowest BCUT2D eigenvalue weighted by Gasteiger charge is -2.52. The molecule has 0 bridgehead atoms. The van der Waals surface area contributed by atoms with Crippen LogP contribution < -0.4 is 5.32 Å². The zero-order valence-corrected chi connectivity index (χ0v) is 21.0. The van der Waals surface area contributed by atoms with Crippen LogP contribution in [0.4, 0.5) is 0 Å². The first-order chi connectivity index (χ1) is 17.4. The summed E-state index contributed by atoms with van der Waals surface area (Å²) in [4.78, 5) is 13.2. The minimum absolute atomic E-state index is 0.0647.